The normalized spacial score (nSPS) is 11.2. The molecule has 0 atom stereocenters. The molecule has 20 heavy (non-hydrogen) atoms. The number of anilines is 1. The number of alkyl halides is 3. The fraction of sp³-hybridized carbons (Fsp3) is 0.455. The zero-order chi connectivity index (χ0) is 15.2. The van der Waals surface area contributed by atoms with Gasteiger partial charge in [0.05, 0.1) is 10.6 Å². The van der Waals surface area contributed by atoms with Crippen LogP contribution in [0.3, 0.4) is 0 Å². The van der Waals surface area contributed by atoms with Crippen LogP contribution in [0.4, 0.5) is 19.0 Å². The Morgan fingerprint density at radius 1 is 1.50 bits per heavy atom. The zero-order valence-corrected chi connectivity index (χ0v) is 12.1. The molecule has 0 bridgehead atoms. The molecule has 112 valence electrons. The molecule has 0 saturated carbocycles. The van der Waals surface area contributed by atoms with E-state index in [-0.39, 0.29) is 34.6 Å². The Morgan fingerprint density at radius 2 is 2.20 bits per heavy atom. The van der Waals surface area contributed by atoms with E-state index in [1.165, 1.54) is 12.3 Å². The van der Waals surface area contributed by atoms with Gasteiger partial charge in [-0.05, 0) is 24.8 Å². The number of amides is 1. The van der Waals surface area contributed by atoms with E-state index in [4.69, 9.17) is 11.6 Å². The Labute approximate surface area is 123 Å². The van der Waals surface area contributed by atoms with E-state index < -0.39 is 11.4 Å². The molecule has 0 fully saturated rings. The predicted octanol–water partition coefficient (Wildman–Crippen LogP) is 3.15. The van der Waals surface area contributed by atoms with Crippen molar-refractivity contribution < 1.29 is 18.0 Å². The highest BCUT2D eigenvalue weighted by atomic mass is 35.5. The molecule has 0 unspecified atom stereocenters. The minimum absolute atomic E-state index is 0.0990. The van der Waals surface area contributed by atoms with Gasteiger partial charge in [-0.15, -0.1) is 0 Å². The summed E-state index contributed by atoms with van der Waals surface area (Å²) < 4.78 is 35.8. The van der Waals surface area contributed by atoms with Crippen LogP contribution in [0.25, 0.3) is 0 Å². The van der Waals surface area contributed by atoms with Gasteiger partial charge in [0, 0.05) is 25.0 Å². The lowest BCUT2D eigenvalue weighted by molar-refractivity contribution is -0.0327. The lowest BCUT2D eigenvalue weighted by atomic mass is 10.2. The quantitative estimate of drug-likeness (QED) is 0.788. The van der Waals surface area contributed by atoms with E-state index in [9.17, 15) is 18.0 Å². The Balaban J connectivity index is 2.56. The van der Waals surface area contributed by atoms with Crippen LogP contribution in [0, 0.1) is 0 Å². The highest BCUT2D eigenvalue weighted by Crippen LogP contribution is 2.29. The summed E-state index contributed by atoms with van der Waals surface area (Å²) in [5, 5.41) is 5.44. The molecule has 1 amide bonds. The standard InChI is InChI=1S/C11H13ClF3N3OS/c1-2-16-9-5-7(8(12)6-18-9)10(19)17-3-4-20-11(13,14)15/h5-6H,2-4H2,1H3,(H,16,18)(H,17,19). The van der Waals surface area contributed by atoms with Gasteiger partial charge < -0.3 is 10.6 Å². The van der Waals surface area contributed by atoms with Crippen molar-refractivity contribution in [3.63, 3.8) is 0 Å². The molecular weight excluding hydrogens is 315 g/mol. The van der Waals surface area contributed by atoms with Crippen molar-refractivity contribution in [2.45, 2.75) is 12.4 Å². The van der Waals surface area contributed by atoms with E-state index >= 15 is 0 Å². The molecule has 1 heterocycles. The lowest BCUT2D eigenvalue weighted by Crippen LogP contribution is -2.27. The smallest absolute Gasteiger partial charge is 0.370 e. The highest BCUT2D eigenvalue weighted by molar-refractivity contribution is 8.00. The Bertz CT molecular complexity index is 471. The van der Waals surface area contributed by atoms with Gasteiger partial charge in [-0.3, -0.25) is 4.79 Å². The number of hydrogen-bond donors (Lipinski definition) is 2. The summed E-state index contributed by atoms with van der Waals surface area (Å²) in [7, 11) is 0. The Morgan fingerprint density at radius 3 is 2.80 bits per heavy atom. The molecule has 0 radical (unpaired) electrons. The van der Waals surface area contributed by atoms with Crippen LogP contribution in [-0.2, 0) is 0 Å². The van der Waals surface area contributed by atoms with Gasteiger partial charge in [-0.1, -0.05) is 11.6 Å². The van der Waals surface area contributed by atoms with Gasteiger partial charge in [0.15, 0.2) is 0 Å². The van der Waals surface area contributed by atoms with Crippen molar-refractivity contribution in [3.05, 3.63) is 22.8 Å². The van der Waals surface area contributed by atoms with Gasteiger partial charge in [-0.2, -0.15) is 13.2 Å². The van der Waals surface area contributed by atoms with Crippen LogP contribution in [0.15, 0.2) is 12.3 Å². The molecule has 0 aliphatic rings. The van der Waals surface area contributed by atoms with Crippen molar-refractivity contribution in [3.8, 4) is 0 Å². The number of nitrogens with one attached hydrogen (secondary N) is 2. The Kier molecular flexibility index (Phi) is 6.41. The monoisotopic (exact) mass is 327 g/mol. The topological polar surface area (TPSA) is 54.0 Å². The molecule has 2 N–H and O–H groups in total. The predicted molar refractivity (Wildman–Crippen MR) is 74.3 cm³/mol. The zero-order valence-electron chi connectivity index (χ0n) is 10.6. The number of aromatic nitrogens is 1. The van der Waals surface area contributed by atoms with Gasteiger partial charge in [-0.25, -0.2) is 4.98 Å². The van der Waals surface area contributed by atoms with Gasteiger partial charge in [0.1, 0.15) is 5.82 Å². The maximum Gasteiger partial charge on any atom is 0.441 e. The second-order valence-electron chi connectivity index (χ2n) is 3.63. The van der Waals surface area contributed by atoms with E-state index in [0.717, 1.165) is 0 Å². The van der Waals surface area contributed by atoms with Crippen molar-refractivity contribution in [1.29, 1.82) is 0 Å². The SMILES string of the molecule is CCNc1cc(C(=O)NCCSC(F)(F)F)c(Cl)cn1. The number of hydrogen-bond acceptors (Lipinski definition) is 4. The highest BCUT2D eigenvalue weighted by Gasteiger charge is 2.27. The van der Waals surface area contributed by atoms with Crippen molar-refractivity contribution >= 4 is 35.1 Å². The largest absolute Gasteiger partial charge is 0.441 e. The second-order valence-corrected chi connectivity index (χ2v) is 5.20. The minimum Gasteiger partial charge on any atom is -0.370 e. The lowest BCUT2D eigenvalue weighted by Gasteiger charge is -2.09. The number of carbonyl (C=O) groups is 1. The summed E-state index contributed by atoms with van der Waals surface area (Å²) in [6.45, 7) is 2.39. The molecule has 0 spiro atoms. The number of pyridine rings is 1. The fourth-order valence-electron chi connectivity index (χ4n) is 1.32. The average Bonchev–Trinajstić information content (AvgIpc) is 2.36. The van der Waals surface area contributed by atoms with Gasteiger partial charge in [0.2, 0.25) is 0 Å². The molecule has 0 aliphatic carbocycles. The molecule has 1 rings (SSSR count). The van der Waals surface area contributed by atoms with Crippen LogP contribution < -0.4 is 10.6 Å². The molecule has 0 aliphatic heterocycles. The summed E-state index contributed by atoms with van der Waals surface area (Å²) in [5.41, 5.74) is -4.12. The number of carbonyl (C=O) groups excluding carboxylic acids is 1. The number of nitrogens with zero attached hydrogens (tertiary/aromatic N) is 1. The first-order valence-corrected chi connectivity index (χ1v) is 7.08. The maximum atomic E-state index is 11.9. The Hall–Kier alpha value is -1.15. The van der Waals surface area contributed by atoms with Crippen LogP contribution in [0.2, 0.25) is 5.02 Å². The molecule has 9 heteroatoms. The summed E-state index contributed by atoms with van der Waals surface area (Å²) in [4.78, 5) is 15.8. The van der Waals surface area contributed by atoms with E-state index in [1.54, 1.807) is 0 Å². The molecule has 4 nitrogen and oxygen atoms in total. The van der Waals surface area contributed by atoms with Crippen LogP contribution in [0.1, 0.15) is 17.3 Å². The summed E-state index contributed by atoms with van der Waals surface area (Å²) in [5.74, 6) is -0.302. The number of thioether (sulfide) groups is 1. The first kappa shape index (κ1) is 16.9. The van der Waals surface area contributed by atoms with E-state index in [1.807, 2.05) is 6.92 Å². The third-order valence-corrected chi connectivity index (χ3v) is 3.15. The van der Waals surface area contributed by atoms with Crippen molar-refractivity contribution in [2.75, 3.05) is 24.2 Å². The third kappa shape index (κ3) is 5.87. The van der Waals surface area contributed by atoms with Crippen LogP contribution >= 0.6 is 23.4 Å². The number of halogens is 4. The molecule has 1 aromatic rings. The summed E-state index contributed by atoms with van der Waals surface area (Å²) in [6.07, 6.45) is 1.32. The van der Waals surface area contributed by atoms with Crippen LogP contribution in [-0.4, -0.2) is 35.2 Å². The van der Waals surface area contributed by atoms with Crippen molar-refractivity contribution in [1.82, 2.24) is 10.3 Å². The van der Waals surface area contributed by atoms with E-state index in [2.05, 4.69) is 15.6 Å². The van der Waals surface area contributed by atoms with Gasteiger partial charge >= 0.3 is 5.51 Å². The number of rotatable bonds is 6. The van der Waals surface area contributed by atoms with E-state index in [0.29, 0.717) is 12.4 Å². The summed E-state index contributed by atoms with van der Waals surface area (Å²) >= 11 is 5.65. The van der Waals surface area contributed by atoms with Gasteiger partial charge in [0.25, 0.3) is 5.91 Å². The maximum absolute atomic E-state index is 11.9. The molecule has 0 saturated heterocycles. The second kappa shape index (κ2) is 7.58. The fourth-order valence-corrected chi connectivity index (χ4v) is 1.94. The molecular formula is C11H13ClF3N3OS. The average molecular weight is 328 g/mol. The first-order chi connectivity index (χ1) is 9.33. The third-order valence-electron chi connectivity index (χ3n) is 2.11. The minimum atomic E-state index is -4.29. The van der Waals surface area contributed by atoms with Crippen molar-refractivity contribution in [2.24, 2.45) is 0 Å². The molecule has 0 aromatic carbocycles. The first-order valence-electron chi connectivity index (χ1n) is 5.71. The summed E-state index contributed by atoms with van der Waals surface area (Å²) in [6, 6.07) is 1.46. The molecule has 1 aromatic heterocycles. The van der Waals surface area contributed by atoms with Crippen LogP contribution in [0.5, 0.6) is 0 Å².